The topological polar surface area (TPSA) is 177 Å². The molecule has 4 aromatic heterocycles. The second-order valence-corrected chi connectivity index (χ2v) is 14.3. The van der Waals surface area contributed by atoms with Crippen LogP contribution in [0, 0.1) is 0 Å². The van der Waals surface area contributed by atoms with Gasteiger partial charge in [0.25, 0.3) is 0 Å². The van der Waals surface area contributed by atoms with E-state index < -0.39 is 0 Å². The fourth-order valence-electron chi connectivity index (χ4n) is 6.43. The molecule has 8 aromatic rings. The van der Waals surface area contributed by atoms with E-state index in [2.05, 4.69) is 35.9 Å². The van der Waals surface area contributed by atoms with Crippen molar-refractivity contribution in [2.75, 3.05) is 39.1 Å². The van der Waals surface area contributed by atoms with E-state index in [9.17, 15) is 9.59 Å². The molecule has 0 aliphatic carbocycles. The molecule has 4 aromatic carbocycles. The summed E-state index contributed by atoms with van der Waals surface area (Å²) >= 11 is 5.23. The van der Waals surface area contributed by atoms with Crippen LogP contribution in [0.1, 0.15) is 11.1 Å². The van der Waals surface area contributed by atoms with E-state index in [4.69, 9.17) is 40.6 Å². The second kappa shape index (κ2) is 21.6. The maximum atomic E-state index is 12.2. The van der Waals surface area contributed by atoms with Gasteiger partial charge in [-0.15, -0.1) is 0 Å². The van der Waals surface area contributed by atoms with Crippen LogP contribution in [0.4, 0.5) is 11.4 Å². The van der Waals surface area contributed by atoms with E-state index in [0.29, 0.717) is 75.1 Å². The summed E-state index contributed by atoms with van der Waals surface area (Å²) in [4.78, 5) is 41.7. The number of fused-ring (bicyclic) bond motifs is 2. The Morgan fingerprint density at radius 3 is 1.35 bits per heavy atom. The lowest BCUT2D eigenvalue weighted by Crippen LogP contribution is -2.35. The van der Waals surface area contributed by atoms with Gasteiger partial charge in [0.2, 0.25) is 23.6 Å². The highest BCUT2D eigenvalue weighted by Gasteiger charge is 2.14. The number of nitrogens with one attached hydrogen (secondary N) is 3. The largest absolute Gasteiger partial charge is 0.493 e. The minimum Gasteiger partial charge on any atom is -0.493 e. The van der Waals surface area contributed by atoms with E-state index in [-0.39, 0.29) is 23.3 Å². The molecule has 0 saturated heterocycles. The fraction of sp³-hybridized carbons (Fsp3) is 0.122. The number of carbonyl (C=O) groups excluding carboxylic acids is 2. The molecule has 15 nitrogen and oxygen atoms in total. The van der Waals surface area contributed by atoms with Crippen molar-refractivity contribution in [1.82, 2.24) is 25.3 Å². The summed E-state index contributed by atoms with van der Waals surface area (Å²) in [5.41, 5.74) is 4.47. The first-order chi connectivity index (χ1) is 31.7. The highest BCUT2D eigenvalue weighted by atomic mass is 32.1. The van der Waals surface area contributed by atoms with Gasteiger partial charge in [-0.1, -0.05) is 60.7 Å². The average Bonchev–Trinajstić information content (AvgIpc) is 3.32. The van der Waals surface area contributed by atoms with Crippen LogP contribution in [0.15, 0.2) is 146 Å². The fourth-order valence-corrected chi connectivity index (χ4v) is 6.66. The molecule has 0 aliphatic heterocycles. The van der Waals surface area contributed by atoms with Crippen LogP contribution in [-0.4, -0.2) is 65.3 Å². The summed E-state index contributed by atoms with van der Waals surface area (Å²) in [6.45, 7) is 0. The van der Waals surface area contributed by atoms with Crippen molar-refractivity contribution in [2.24, 2.45) is 0 Å². The average molecular weight is 890 g/mol. The van der Waals surface area contributed by atoms with E-state index >= 15 is 0 Å². The maximum Gasteiger partial charge on any atom is 0.230 e. The van der Waals surface area contributed by atoms with E-state index in [1.807, 2.05) is 72.8 Å². The molecule has 16 heteroatoms. The molecule has 8 rings (SSSR count). The molecular formula is C49H43N7O8S. The zero-order chi connectivity index (χ0) is 45.5. The number of anilines is 2. The molecule has 0 saturated carbocycles. The Morgan fingerprint density at radius 1 is 0.492 bits per heavy atom. The number of methoxy groups -OCH3 is 4. The molecule has 0 spiro atoms. The Hall–Kier alpha value is -8.37. The first-order valence-electron chi connectivity index (χ1n) is 20.0. The quantitative estimate of drug-likeness (QED) is 0.0881. The molecular weight excluding hydrogens is 847 g/mol. The van der Waals surface area contributed by atoms with Crippen LogP contribution in [0.2, 0.25) is 0 Å². The molecule has 328 valence electrons. The van der Waals surface area contributed by atoms with Crippen LogP contribution in [-0.2, 0) is 22.4 Å². The molecule has 4 heterocycles. The predicted molar refractivity (Wildman–Crippen MR) is 252 cm³/mol. The van der Waals surface area contributed by atoms with Crippen LogP contribution in [0.3, 0.4) is 0 Å². The zero-order valence-corrected chi connectivity index (χ0v) is 36.6. The molecule has 0 fully saturated rings. The smallest absolute Gasteiger partial charge is 0.230 e. The highest BCUT2D eigenvalue weighted by molar-refractivity contribution is 7.80. The number of rotatable bonds is 14. The van der Waals surface area contributed by atoms with Crippen LogP contribution in [0.5, 0.6) is 46.3 Å². The maximum absolute atomic E-state index is 12.2. The Balaban J connectivity index is 0.000000195. The minimum atomic E-state index is -0.201. The third-order valence-corrected chi connectivity index (χ3v) is 9.73. The van der Waals surface area contributed by atoms with Crippen LogP contribution < -0.4 is 44.4 Å². The molecule has 0 atom stereocenters. The van der Waals surface area contributed by atoms with Crippen molar-refractivity contribution in [1.29, 1.82) is 0 Å². The molecule has 0 aliphatic rings. The van der Waals surface area contributed by atoms with Crippen molar-refractivity contribution < 1.29 is 38.0 Å². The number of hydrogen-bond acceptors (Lipinski definition) is 13. The summed E-state index contributed by atoms with van der Waals surface area (Å²) in [6, 6.07) is 36.6. The monoisotopic (exact) mass is 889 g/mol. The van der Waals surface area contributed by atoms with Crippen molar-refractivity contribution >= 4 is 62.3 Å². The number of carbonyl (C=O) groups is 2. The second-order valence-electron chi connectivity index (χ2n) is 13.9. The van der Waals surface area contributed by atoms with Gasteiger partial charge in [-0.2, -0.15) is 0 Å². The van der Waals surface area contributed by atoms with Gasteiger partial charge in [-0.3, -0.25) is 19.6 Å². The van der Waals surface area contributed by atoms with Gasteiger partial charge in [0.1, 0.15) is 11.5 Å². The number of nitrogens with zero attached hydrogens (tertiary/aromatic N) is 4. The first-order valence-corrected chi connectivity index (χ1v) is 20.4. The third-order valence-electron chi connectivity index (χ3n) is 9.53. The third kappa shape index (κ3) is 12.0. The van der Waals surface area contributed by atoms with Crippen molar-refractivity contribution in [3.05, 3.63) is 157 Å². The standard InChI is InChI=1S/C25H22N4O4S.C24H21N3O4/c1-31-21-13-18-19(14-22(21)32-2)26-11-10-20(18)33-24-9-8-17(15-27-24)28-25(34)29-23(30)12-16-6-4-3-5-7-16;1-29-21-13-18-19(14-22(21)30-2)25-11-10-20(18)31-24-9-8-17(15-26-24)27-23(28)12-16-6-4-3-5-7-16/h3-11,13-15H,12H2,1-2H3,(H2,28,29,30,34);3-11,13-15H,12H2,1-2H3,(H,27,28). The van der Waals surface area contributed by atoms with E-state index in [1.54, 1.807) is 102 Å². The summed E-state index contributed by atoms with van der Waals surface area (Å²) in [5, 5.41) is 10.2. The summed E-state index contributed by atoms with van der Waals surface area (Å²) in [5.74, 6) is 3.95. The van der Waals surface area contributed by atoms with Gasteiger partial charge >= 0.3 is 0 Å². The zero-order valence-electron chi connectivity index (χ0n) is 35.7. The first kappa shape index (κ1) is 44.7. The Kier molecular flexibility index (Phi) is 14.9. The number of hydrogen-bond donors (Lipinski definition) is 3. The predicted octanol–water partition coefficient (Wildman–Crippen LogP) is 9.12. The molecule has 2 amide bonds. The summed E-state index contributed by atoms with van der Waals surface area (Å²) in [6.07, 6.45) is 6.97. The van der Waals surface area contributed by atoms with Crippen molar-refractivity contribution in [3.63, 3.8) is 0 Å². The Bertz CT molecular complexity index is 2910. The summed E-state index contributed by atoms with van der Waals surface area (Å²) < 4.78 is 33.4. The number of amides is 2. The van der Waals surface area contributed by atoms with E-state index in [1.165, 1.54) is 0 Å². The number of pyridine rings is 4. The lowest BCUT2D eigenvalue weighted by atomic mass is 10.1. The van der Waals surface area contributed by atoms with Gasteiger partial charge in [0.15, 0.2) is 28.1 Å². The van der Waals surface area contributed by atoms with Crippen LogP contribution >= 0.6 is 12.2 Å². The number of thiocarbonyl (C=S) groups is 1. The van der Waals surface area contributed by atoms with Gasteiger partial charge in [0, 0.05) is 47.4 Å². The molecule has 0 radical (unpaired) electrons. The van der Waals surface area contributed by atoms with Gasteiger partial charge in [-0.05, 0) is 59.7 Å². The van der Waals surface area contributed by atoms with Gasteiger partial charge in [-0.25, -0.2) is 9.97 Å². The van der Waals surface area contributed by atoms with Crippen molar-refractivity contribution in [3.8, 4) is 46.3 Å². The van der Waals surface area contributed by atoms with E-state index in [0.717, 1.165) is 21.9 Å². The molecule has 3 N–H and O–H groups in total. The number of aromatic nitrogens is 4. The Labute approximate surface area is 379 Å². The Morgan fingerprint density at radius 2 is 0.923 bits per heavy atom. The molecule has 0 unspecified atom stereocenters. The number of ether oxygens (including phenoxy) is 6. The van der Waals surface area contributed by atoms with Crippen molar-refractivity contribution in [2.45, 2.75) is 12.8 Å². The van der Waals surface area contributed by atoms with Gasteiger partial charge < -0.3 is 44.4 Å². The SMILES string of the molecule is COc1cc2nccc(Oc3ccc(NC(=O)Cc4ccccc4)cn3)c2cc1OC.COc1cc2nccc(Oc3ccc(NC(=S)NC(=O)Cc4ccccc4)cn3)c2cc1OC. The molecule has 0 bridgehead atoms. The number of benzene rings is 4. The normalized spacial score (nSPS) is 10.5. The summed E-state index contributed by atoms with van der Waals surface area (Å²) in [7, 11) is 6.30. The minimum absolute atomic E-state index is 0.108. The van der Waals surface area contributed by atoms with Crippen LogP contribution in [0.25, 0.3) is 21.8 Å². The highest BCUT2D eigenvalue weighted by Crippen LogP contribution is 2.38. The molecule has 65 heavy (non-hydrogen) atoms. The lowest BCUT2D eigenvalue weighted by Gasteiger charge is -2.12. The lowest BCUT2D eigenvalue weighted by molar-refractivity contribution is -0.119. The van der Waals surface area contributed by atoms with Gasteiger partial charge in [0.05, 0.1) is 76.1 Å².